The topological polar surface area (TPSA) is 47.0 Å². The predicted octanol–water partition coefficient (Wildman–Crippen LogP) is 1.46. The minimum absolute atomic E-state index is 0.586. The Kier molecular flexibility index (Phi) is 3.02. The average Bonchev–Trinajstić information content (AvgIpc) is 2.46. The Hall–Kier alpha value is -0.330. The van der Waals surface area contributed by atoms with Gasteiger partial charge >= 0.3 is 0 Å². The molecule has 1 aliphatic heterocycles. The molecule has 72 valence electrons. The van der Waals surface area contributed by atoms with Gasteiger partial charge < -0.3 is 10.1 Å². The van der Waals surface area contributed by atoms with E-state index in [0.29, 0.717) is 5.25 Å². The number of aromatic nitrogens is 2. The molecule has 1 N–H and O–H groups in total. The van der Waals surface area contributed by atoms with Crippen LogP contribution < -0.4 is 5.32 Å². The molecule has 0 bridgehead atoms. The van der Waals surface area contributed by atoms with Crippen LogP contribution in [-0.2, 0) is 4.74 Å². The lowest BCUT2D eigenvalue weighted by atomic mass is 10.4. The maximum Gasteiger partial charge on any atom is 0.206 e. The lowest BCUT2D eigenvalue weighted by Gasteiger charge is -2.23. The number of nitrogens with one attached hydrogen (secondary N) is 1. The molecule has 2 heterocycles. The van der Waals surface area contributed by atoms with Gasteiger partial charge in [0, 0.05) is 6.54 Å². The molecule has 1 aromatic heterocycles. The van der Waals surface area contributed by atoms with Crippen molar-refractivity contribution in [3.8, 4) is 0 Å². The van der Waals surface area contributed by atoms with Crippen LogP contribution in [0.15, 0.2) is 4.34 Å². The molecule has 0 saturated carbocycles. The SMILES string of the molecule is CCNc1nnc(SC2COC2)s1. The van der Waals surface area contributed by atoms with Gasteiger partial charge in [0.2, 0.25) is 5.13 Å². The second-order valence-electron chi connectivity index (χ2n) is 2.68. The third kappa shape index (κ3) is 2.32. The van der Waals surface area contributed by atoms with Gasteiger partial charge in [-0.25, -0.2) is 0 Å². The van der Waals surface area contributed by atoms with Gasteiger partial charge in [-0.2, -0.15) is 0 Å². The Morgan fingerprint density at radius 3 is 3.08 bits per heavy atom. The van der Waals surface area contributed by atoms with E-state index in [-0.39, 0.29) is 0 Å². The fourth-order valence-corrected chi connectivity index (χ4v) is 2.99. The highest BCUT2D eigenvalue weighted by Crippen LogP contribution is 2.31. The van der Waals surface area contributed by atoms with Gasteiger partial charge in [0.25, 0.3) is 0 Å². The summed E-state index contributed by atoms with van der Waals surface area (Å²) in [5.41, 5.74) is 0. The molecule has 13 heavy (non-hydrogen) atoms. The van der Waals surface area contributed by atoms with Gasteiger partial charge in [-0.15, -0.1) is 10.2 Å². The number of rotatable bonds is 4. The smallest absolute Gasteiger partial charge is 0.206 e. The van der Waals surface area contributed by atoms with Crippen LogP contribution in [0.4, 0.5) is 5.13 Å². The molecule has 6 heteroatoms. The molecule has 1 fully saturated rings. The van der Waals surface area contributed by atoms with Crippen molar-refractivity contribution in [1.29, 1.82) is 0 Å². The van der Waals surface area contributed by atoms with Crippen molar-refractivity contribution in [2.75, 3.05) is 25.1 Å². The number of thioether (sulfide) groups is 1. The minimum atomic E-state index is 0.586. The summed E-state index contributed by atoms with van der Waals surface area (Å²) in [6.45, 7) is 4.64. The van der Waals surface area contributed by atoms with E-state index in [1.165, 1.54) is 0 Å². The van der Waals surface area contributed by atoms with Gasteiger partial charge in [0.15, 0.2) is 4.34 Å². The molecule has 1 saturated heterocycles. The minimum Gasteiger partial charge on any atom is -0.379 e. The van der Waals surface area contributed by atoms with E-state index in [4.69, 9.17) is 4.74 Å². The second-order valence-corrected chi connectivity index (χ2v) is 5.21. The zero-order chi connectivity index (χ0) is 9.10. The monoisotopic (exact) mass is 217 g/mol. The molecule has 0 unspecified atom stereocenters. The van der Waals surface area contributed by atoms with Crippen molar-refractivity contribution in [1.82, 2.24) is 10.2 Å². The predicted molar refractivity (Wildman–Crippen MR) is 54.5 cm³/mol. The molecule has 0 aliphatic carbocycles. The molecule has 0 radical (unpaired) electrons. The van der Waals surface area contributed by atoms with E-state index >= 15 is 0 Å². The maximum absolute atomic E-state index is 5.08. The zero-order valence-corrected chi connectivity index (χ0v) is 8.95. The average molecular weight is 217 g/mol. The lowest BCUT2D eigenvalue weighted by molar-refractivity contribution is 0.0455. The van der Waals surface area contributed by atoms with Crippen molar-refractivity contribution in [3.05, 3.63) is 0 Å². The first-order chi connectivity index (χ1) is 6.38. The Bertz CT molecular complexity index is 274. The lowest BCUT2D eigenvalue weighted by Crippen LogP contribution is -2.29. The van der Waals surface area contributed by atoms with Gasteiger partial charge in [0.1, 0.15) is 0 Å². The van der Waals surface area contributed by atoms with E-state index < -0.39 is 0 Å². The highest BCUT2D eigenvalue weighted by Gasteiger charge is 2.21. The first kappa shape index (κ1) is 9.23. The summed E-state index contributed by atoms with van der Waals surface area (Å²) in [5.74, 6) is 0. The van der Waals surface area contributed by atoms with Crippen LogP contribution in [0.3, 0.4) is 0 Å². The molecular formula is C7H11N3OS2. The van der Waals surface area contributed by atoms with E-state index in [2.05, 4.69) is 15.5 Å². The van der Waals surface area contributed by atoms with Crippen molar-refractivity contribution in [3.63, 3.8) is 0 Å². The highest BCUT2D eigenvalue weighted by atomic mass is 32.2. The third-order valence-electron chi connectivity index (χ3n) is 1.61. The first-order valence-electron chi connectivity index (χ1n) is 4.20. The summed E-state index contributed by atoms with van der Waals surface area (Å²) in [6, 6.07) is 0. The Labute approximate surface area is 85.1 Å². The maximum atomic E-state index is 5.08. The zero-order valence-electron chi connectivity index (χ0n) is 7.32. The van der Waals surface area contributed by atoms with E-state index in [0.717, 1.165) is 29.2 Å². The van der Waals surface area contributed by atoms with Gasteiger partial charge in [-0.1, -0.05) is 23.1 Å². The second kappa shape index (κ2) is 4.26. The molecule has 1 aromatic rings. The van der Waals surface area contributed by atoms with E-state index in [1.807, 2.05) is 6.92 Å². The van der Waals surface area contributed by atoms with Crippen LogP contribution in [0, 0.1) is 0 Å². The van der Waals surface area contributed by atoms with Crippen LogP contribution in [0.2, 0.25) is 0 Å². The molecule has 1 aliphatic rings. The van der Waals surface area contributed by atoms with Gasteiger partial charge in [-0.3, -0.25) is 0 Å². The number of anilines is 1. The molecule has 0 spiro atoms. The molecular weight excluding hydrogens is 206 g/mol. The van der Waals surface area contributed by atoms with Crippen molar-refractivity contribution < 1.29 is 4.74 Å². The summed E-state index contributed by atoms with van der Waals surface area (Å²) >= 11 is 3.37. The van der Waals surface area contributed by atoms with E-state index in [1.54, 1.807) is 23.1 Å². The highest BCUT2D eigenvalue weighted by molar-refractivity contribution is 8.01. The molecule has 0 atom stereocenters. The normalized spacial score (nSPS) is 17.0. The summed E-state index contributed by atoms with van der Waals surface area (Å²) in [4.78, 5) is 0. The van der Waals surface area contributed by atoms with Crippen LogP contribution in [0.5, 0.6) is 0 Å². The Balaban J connectivity index is 1.88. The quantitative estimate of drug-likeness (QED) is 0.827. The van der Waals surface area contributed by atoms with Gasteiger partial charge in [-0.05, 0) is 6.92 Å². The molecule has 4 nitrogen and oxygen atoms in total. The van der Waals surface area contributed by atoms with Crippen LogP contribution in [-0.4, -0.2) is 35.2 Å². The molecule has 0 amide bonds. The number of hydrogen-bond donors (Lipinski definition) is 1. The van der Waals surface area contributed by atoms with Crippen LogP contribution in [0.25, 0.3) is 0 Å². The largest absolute Gasteiger partial charge is 0.379 e. The first-order valence-corrected chi connectivity index (χ1v) is 5.90. The number of ether oxygens (including phenoxy) is 1. The summed E-state index contributed by atoms with van der Waals surface area (Å²) in [5, 5.41) is 12.7. The fraction of sp³-hybridized carbons (Fsp3) is 0.714. The third-order valence-corrected chi connectivity index (χ3v) is 3.71. The number of nitrogens with zero attached hydrogens (tertiary/aromatic N) is 2. The van der Waals surface area contributed by atoms with E-state index in [9.17, 15) is 0 Å². The summed E-state index contributed by atoms with van der Waals surface area (Å²) in [7, 11) is 0. The summed E-state index contributed by atoms with van der Waals surface area (Å²) < 4.78 is 6.11. The molecule has 0 aromatic carbocycles. The Morgan fingerprint density at radius 1 is 1.62 bits per heavy atom. The van der Waals surface area contributed by atoms with Gasteiger partial charge in [0.05, 0.1) is 18.5 Å². The summed E-state index contributed by atoms with van der Waals surface area (Å²) in [6.07, 6.45) is 0. The molecule has 2 rings (SSSR count). The standard InChI is InChI=1S/C7H11N3OS2/c1-2-8-6-9-10-7(13-6)12-5-3-11-4-5/h5H,2-4H2,1H3,(H,8,9). The van der Waals surface area contributed by atoms with Crippen molar-refractivity contribution >= 4 is 28.2 Å². The van der Waals surface area contributed by atoms with Crippen LogP contribution >= 0.6 is 23.1 Å². The van der Waals surface area contributed by atoms with Crippen molar-refractivity contribution in [2.24, 2.45) is 0 Å². The Morgan fingerprint density at radius 2 is 2.46 bits per heavy atom. The van der Waals surface area contributed by atoms with Crippen molar-refractivity contribution in [2.45, 2.75) is 16.5 Å². The fourth-order valence-electron chi connectivity index (χ4n) is 0.905. The van der Waals surface area contributed by atoms with Crippen LogP contribution in [0.1, 0.15) is 6.92 Å². The number of hydrogen-bond acceptors (Lipinski definition) is 6.